The van der Waals surface area contributed by atoms with E-state index in [0.717, 1.165) is 5.56 Å². The largest absolute Gasteiger partial charge is 0.481 e. The molecular weight excluding hydrogens is 270 g/mol. The minimum atomic E-state index is -0.847. The molecular formula is C15H15N3O3. The van der Waals surface area contributed by atoms with Gasteiger partial charge in [0.25, 0.3) is 5.91 Å². The SMILES string of the molecule is O=C(O)C1CCN(C(=O)c2cc(-c3ccccc3)n[nH]2)C1. The van der Waals surface area contributed by atoms with Gasteiger partial charge < -0.3 is 10.0 Å². The second-order valence-electron chi connectivity index (χ2n) is 5.11. The molecule has 0 saturated carbocycles. The minimum Gasteiger partial charge on any atom is -0.481 e. The zero-order valence-corrected chi connectivity index (χ0v) is 11.3. The zero-order chi connectivity index (χ0) is 14.8. The summed E-state index contributed by atoms with van der Waals surface area (Å²) in [5, 5.41) is 15.9. The van der Waals surface area contributed by atoms with Crippen LogP contribution in [0.3, 0.4) is 0 Å². The molecule has 1 amide bonds. The van der Waals surface area contributed by atoms with Crippen LogP contribution in [-0.2, 0) is 4.79 Å². The van der Waals surface area contributed by atoms with Crippen molar-refractivity contribution in [1.29, 1.82) is 0 Å². The number of aromatic nitrogens is 2. The maximum absolute atomic E-state index is 12.3. The highest BCUT2D eigenvalue weighted by atomic mass is 16.4. The molecule has 1 aliphatic rings. The van der Waals surface area contributed by atoms with Crippen LogP contribution in [0.4, 0.5) is 0 Å². The van der Waals surface area contributed by atoms with Gasteiger partial charge in [0.05, 0.1) is 11.6 Å². The number of carboxylic acids is 1. The molecule has 0 spiro atoms. The predicted molar refractivity (Wildman–Crippen MR) is 75.7 cm³/mol. The van der Waals surface area contributed by atoms with Crippen molar-refractivity contribution in [3.63, 3.8) is 0 Å². The molecule has 1 aromatic heterocycles. The van der Waals surface area contributed by atoms with Crippen molar-refractivity contribution < 1.29 is 14.7 Å². The number of likely N-dealkylation sites (tertiary alicyclic amines) is 1. The Morgan fingerprint density at radius 3 is 2.71 bits per heavy atom. The van der Waals surface area contributed by atoms with E-state index < -0.39 is 11.9 Å². The molecule has 6 heteroatoms. The molecule has 1 saturated heterocycles. The summed E-state index contributed by atoms with van der Waals surface area (Å²) in [6.45, 7) is 0.726. The molecule has 108 valence electrons. The number of rotatable bonds is 3. The highest BCUT2D eigenvalue weighted by Crippen LogP contribution is 2.21. The number of H-pyrrole nitrogens is 1. The fourth-order valence-corrected chi connectivity index (χ4v) is 2.50. The van der Waals surface area contributed by atoms with Gasteiger partial charge in [0.2, 0.25) is 0 Å². The summed E-state index contributed by atoms with van der Waals surface area (Å²) in [5.74, 6) is -1.52. The number of benzene rings is 1. The number of hydrogen-bond acceptors (Lipinski definition) is 3. The van der Waals surface area contributed by atoms with Crippen molar-refractivity contribution in [3.05, 3.63) is 42.1 Å². The van der Waals surface area contributed by atoms with Gasteiger partial charge in [-0.2, -0.15) is 5.10 Å². The summed E-state index contributed by atoms with van der Waals surface area (Å²) in [4.78, 5) is 24.8. The number of carboxylic acid groups (broad SMARTS) is 1. The van der Waals surface area contributed by atoms with Gasteiger partial charge in [0, 0.05) is 18.7 Å². The van der Waals surface area contributed by atoms with Gasteiger partial charge in [-0.3, -0.25) is 14.7 Å². The summed E-state index contributed by atoms with van der Waals surface area (Å²) in [6.07, 6.45) is 0.501. The van der Waals surface area contributed by atoms with Crippen LogP contribution in [0.25, 0.3) is 11.3 Å². The molecule has 3 rings (SSSR count). The molecule has 21 heavy (non-hydrogen) atoms. The molecule has 2 aromatic rings. The van der Waals surface area contributed by atoms with E-state index in [-0.39, 0.29) is 12.5 Å². The first kappa shape index (κ1) is 13.4. The van der Waals surface area contributed by atoms with Crippen LogP contribution >= 0.6 is 0 Å². The van der Waals surface area contributed by atoms with Gasteiger partial charge in [0.1, 0.15) is 5.69 Å². The standard InChI is InChI=1S/C15H15N3O3/c19-14(18-7-6-11(9-18)15(20)21)13-8-12(16-17-13)10-4-2-1-3-5-10/h1-5,8,11H,6-7,9H2,(H,16,17)(H,20,21). The Balaban J connectivity index is 1.75. The van der Waals surface area contributed by atoms with Gasteiger partial charge in [-0.25, -0.2) is 0 Å². The number of aliphatic carboxylic acids is 1. The van der Waals surface area contributed by atoms with E-state index in [1.54, 1.807) is 11.0 Å². The first-order chi connectivity index (χ1) is 10.1. The number of carbonyl (C=O) groups is 2. The van der Waals surface area contributed by atoms with Gasteiger partial charge in [-0.1, -0.05) is 30.3 Å². The van der Waals surface area contributed by atoms with Crippen LogP contribution in [-0.4, -0.2) is 45.2 Å². The lowest BCUT2D eigenvalue weighted by Crippen LogP contribution is -2.30. The first-order valence-electron chi connectivity index (χ1n) is 6.78. The number of nitrogens with one attached hydrogen (secondary N) is 1. The lowest BCUT2D eigenvalue weighted by Gasteiger charge is -2.13. The molecule has 2 N–H and O–H groups in total. The smallest absolute Gasteiger partial charge is 0.308 e. The number of hydrogen-bond donors (Lipinski definition) is 2. The van der Waals surface area contributed by atoms with Crippen molar-refractivity contribution in [2.75, 3.05) is 13.1 Å². The second-order valence-corrected chi connectivity index (χ2v) is 5.11. The minimum absolute atomic E-state index is 0.201. The molecule has 1 fully saturated rings. The third kappa shape index (κ3) is 2.65. The van der Waals surface area contributed by atoms with E-state index in [2.05, 4.69) is 10.2 Å². The van der Waals surface area contributed by atoms with Crippen LogP contribution in [0.15, 0.2) is 36.4 Å². The highest BCUT2D eigenvalue weighted by Gasteiger charge is 2.31. The fraction of sp³-hybridized carbons (Fsp3) is 0.267. The van der Waals surface area contributed by atoms with Crippen LogP contribution in [0.5, 0.6) is 0 Å². The third-order valence-corrected chi connectivity index (χ3v) is 3.70. The lowest BCUT2D eigenvalue weighted by molar-refractivity contribution is -0.141. The summed E-state index contributed by atoms with van der Waals surface area (Å²) >= 11 is 0. The fourth-order valence-electron chi connectivity index (χ4n) is 2.50. The Morgan fingerprint density at radius 2 is 2.05 bits per heavy atom. The van der Waals surface area contributed by atoms with E-state index in [9.17, 15) is 9.59 Å². The van der Waals surface area contributed by atoms with Crippen molar-refractivity contribution >= 4 is 11.9 Å². The van der Waals surface area contributed by atoms with Crippen molar-refractivity contribution in [1.82, 2.24) is 15.1 Å². The normalized spacial score (nSPS) is 17.9. The van der Waals surface area contributed by atoms with Crippen LogP contribution in [0.1, 0.15) is 16.9 Å². The molecule has 1 unspecified atom stereocenters. The van der Waals surface area contributed by atoms with Crippen molar-refractivity contribution in [2.24, 2.45) is 5.92 Å². The Kier molecular flexibility index (Phi) is 3.43. The second kappa shape index (κ2) is 5.40. The average molecular weight is 285 g/mol. The van der Waals surface area contributed by atoms with Gasteiger partial charge >= 0.3 is 5.97 Å². The molecule has 6 nitrogen and oxygen atoms in total. The van der Waals surface area contributed by atoms with E-state index in [1.807, 2.05) is 30.3 Å². The Hall–Kier alpha value is -2.63. The Bertz CT molecular complexity index is 666. The number of carbonyl (C=O) groups excluding carboxylic acids is 1. The van der Waals surface area contributed by atoms with Crippen LogP contribution < -0.4 is 0 Å². The Labute approximate surface area is 121 Å². The molecule has 1 aromatic carbocycles. The summed E-state index contributed by atoms with van der Waals surface area (Å²) in [6, 6.07) is 11.3. The quantitative estimate of drug-likeness (QED) is 0.897. The maximum Gasteiger partial charge on any atom is 0.308 e. The predicted octanol–water partition coefficient (Wildman–Crippen LogP) is 1.62. The van der Waals surface area contributed by atoms with Gasteiger partial charge in [0.15, 0.2) is 0 Å². The molecule has 0 radical (unpaired) electrons. The first-order valence-corrected chi connectivity index (χ1v) is 6.78. The number of aromatic amines is 1. The maximum atomic E-state index is 12.3. The lowest BCUT2D eigenvalue weighted by atomic mass is 10.1. The van der Waals surface area contributed by atoms with E-state index in [1.165, 1.54) is 0 Å². The Morgan fingerprint density at radius 1 is 1.29 bits per heavy atom. The topological polar surface area (TPSA) is 86.3 Å². The molecule has 0 bridgehead atoms. The number of nitrogens with zero attached hydrogens (tertiary/aromatic N) is 2. The highest BCUT2D eigenvalue weighted by molar-refractivity contribution is 5.94. The molecule has 2 heterocycles. The summed E-state index contributed by atoms with van der Waals surface area (Å²) in [5.41, 5.74) is 2.02. The van der Waals surface area contributed by atoms with E-state index in [4.69, 9.17) is 5.11 Å². The molecule has 1 aliphatic heterocycles. The molecule has 0 aliphatic carbocycles. The van der Waals surface area contributed by atoms with E-state index in [0.29, 0.717) is 24.4 Å². The van der Waals surface area contributed by atoms with Crippen LogP contribution in [0, 0.1) is 5.92 Å². The van der Waals surface area contributed by atoms with Crippen LogP contribution in [0.2, 0.25) is 0 Å². The number of amides is 1. The zero-order valence-electron chi connectivity index (χ0n) is 11.3. The van der Waals surface area contributed by atoms with Crippen molar-refractivity contribution in [3.8, 4) is 11.3 Å². The monoisotopic (exact) mass is 285 g/mol. The summed E-state index contributed by atoms with van der Waals surface area (Å²) in [7, 11) is 0. The van der Waals surface area contributed by atoms with Gasteiger partial charge in [-0.15, -0.1) is 0 Å². The average Bonchev–Trinajstić information content (AvgIpc) is 3.17. The van der Waals surface area contributed by atoms with Gasteiger partial charge in [-0.05, 0) is 12.5 Å². The van der Waals surface area contributed by atoms with E-state index >= 15 is 0 Å². The third-order valence-electron chi connectivity index (χ3n) is 3.70. The molecule has 1 atom stereocenters. The summed E-state index contributed by atoms with van der Waals surface area (Å²) < 4.78 is 0. The van der Waals surface area contributed by atoms with Crippen molar-refractivity contribution in [2.45, 2.75) is 6.42 Å².